The third-order valence-corrected chi connectivity index (χ3v) is 5.51. The lowest BCUT2D eigenvalue weighted by molar-refractivity contribution is -0.149. The zero-order chi connectivity index (χ0) is 16.2. The Bertz CT molecular complexity index is 807. The van der Waals surface area contributed by atoms with Crippen molar-refractivity contribution in [1.29, 1.82) is 0 Å². The maximum atomic E-state index is 13.7. The number of carboxylic acid groups (broad SMARTS) is 1. The van der Waals surface area contributed by atoms with Crippen molar-refractivity contribution in [3.05, 3.63) is 35.8 Å². The molecule has 2 aromatic rings. The largest absolute Gasteiger partial charge is 0.481 e. The van der Waals surface area contributed by atoms with Crippen molar-refractivity contribution < 1.29 is 14.3 Å². The third-order valence-electron chi connectivity index (χ3n) is 5.51. The van der Waals surface area contributed by atoms with E-state index >= 15 is 0 Å². The van der Waals surface area contributed by atoms with Crippen molar-refractivity contribution in [3.63, 3.8) is 0 Å². The number of nitrogens with zero attached hydrogens (tertiary/aromatic N) is 2. The fourth-order valence-electron chi connectivity index (χ4n) is 4.39. The van der Waals surface area contributed by atoms with Crippen molar-refractivity contribution in [3.8, 4) is 0 Å². The Labute approximate surface area is 133 Å². The highest BCUT2D eigenvalue weighted by Crippen LogP contribution is 2.50. The number of carbonyl (C=O) groups is 1. The second-order valence-electron chi connectivity index (χ2n) is 6.88. The number of aryl methyl sites for hydroxylation is 1. The molecule has 0 bridgehead atoms. The maximum absolute atomic E-state index is 13.7. The van der Waals surface area contributed by atoms with Gasteiger partial charge in [-0.3, -0.25) is 9.78 Å². The number of hydrogen-bond donors (Lipinski definition) is 1. The van der Waals surface area contributed by atoms with Gasteiger partial charge in [-0.25, -0.2) is 4.39 Å². The fourth-order valence-corrected chi connectivity index (χ4v) is 4.39. The van der Waals surface area contributed by atoms with Gasteiger partial charge in [0.05, 0.1) is 10.9 Å². The van der Waals surface area contributed by atoms with Crippen LogP contribution in [-0.2, 0) is 4.79 Å². The molecular weight excluding hydrogens is 295 g/mol. The molecule has 1 aromatic heterocycles. The van der Waals surface area contributed by atoms with Crippen LogP contribution in [0.5, 0.6) is 0 Å². The van der Waals surface area contributed by atoms with Crippen molar-refractivity contribution in [2.75, 3.05) is 18.0 Å². The molecule has 2 atom stereocenters. The van der Waals surface area contributed by atoms with Crippen LogP contribution in [0.4, 0.5) is 10.1 Å². The summed E-state index contributed by atoms with van der Waals surface area (Å²) in [5.74, 6) is -0.808. The van der Waals surface area contributed by atoms with Crippen LogP contribution in [0.25, 0.3) is 10.9 Å². The molecule has 0 radical (unpaired) electrons. The van der Waals surface area contributed by atoms with Crippen LogP contribution in [0.1, 0.15) is 25.0 Å². The molecule has 1 aliphatic carbocycles. The minimum absolute atomic E-state index is 0.178. The smallest absolute Gasteiger partial charge is 0.311 e. The molecule has 1 saturated carbocycles. The van der Waals surface area contributed by atoms with E-state index in [1.54, 1.807) is 6.07 Å². The van der Waals surface area contributed by atoms with E-state index in [0.29, 0.717) is 6.54 Å². The van der Waals surface area contributed by atoms with Gasteiger partial charge in [-0.15, -0.1) is 0 Å². The van der Waals surface area contributed by atoms with Crippen molar-refractivity contribution in [2.24, 2.45) is 11.3 Å². The molecule has 5 heteroatoms. The van der Waals surface area contributed by atoms with E-state index in [-0.39, 0.29) is 11.7 Å². The van der Waals surface area contributed by atoms with Crippen LogP contribution >= 0.6 is 0 Å². The molecule has 2 aliphatic rings. The molecular formula is C18H19FN2O2. The molecule has 2 fully saturated rings. The van der Waals surface area contributed by atoms with Gasteiger partial charge in [-0.1, -0.05) is 6.42 Å². The normalized spacial score (nSPS) is 26.7. The zero-order valence-corrected chi connectivity index (χ0v) is 13.1. The molecule has 4 rings (SSSR count). The highest BCUT2D eigenvalue weighted by molar-refractivity contribution is 5.93. The molecule has 0 unspecified atom stereocenters. The van der Waals surface area contributed by atoms with Gasteiger partial charge >= 0.3 is 5.97 Å². The summed E-state index contributed by atoms with van der Waals surface area (Å²) in [6.45, 7) is 3.14. The lowest BCUT2D eigenvalue weighted by atomic mass is 9.81. The van der Waals surface area contributed by atoms with E-state index < -0.39 is 11.4 Å². The first-order valence-corrected chi connectivity index (χ1v) is 8.05. The number of pyridine rings is 1. The molecule has 120 valence electrons. The summed E-state index contributed by atoms with van der Waals surface area (Å²) in [7, 11) is 0. The van der Waals surface area contributed by atoms with Gasteiger partial charge in [-0.2, -0.15) is 0 Å². The topological polar surface area (TPSA) is 53.4 Å². The first kappa shape index (κ1) is 14.4. The van der Waals surface area contributed by atoms with E-state index in [4.69, 9.17) is 0 Å². The number of aliphatic carboxylic acids is 1. The highest BCUT2D eigenvalue weighted by Gasteiger charge is 2.55. The first-order valence-electron chi connectivity index (χ1n) is 8.05. The van der Waals surface area contributed by atoms with E-state index in [2.05, 4.69) is 9.88 Å². The minimum Gasteiger partial charge on any atom is -0.481 e. The number of hydrogen-bond acceptors (Lipinski definition) is 3. The summed E-state index contributed by atoms with van der Waals surface area (Å²) in [5.41, 5.74) is 1.88. The molecule has 0 amide bonds. The second kappa shape index (κ2) is 4.91. The van der Waals surface area contributed by atoms with E-state index in [0.717, 1.165) is 48.1 Å². The highest BCUT2D eigenvalue weighted by atomic mass is 19.1. The molecule has 1 saturated heterocycles. The first-order chi connectivity index (χ1) is 11.0. The van der Waals surface area contributed by atoms with Gasteiger partial charge in [0.15, 0.2) is 0 Å². The van der Waals surface area contributed by atoms with E-state index in [1.807, 2.05) is 13.0 Å². The van der Waals surface area contributed by atoms with Gasteiger partial charge in [0.2, 0.25) is 0 Å². The van der Waals surface area contributed by atoms with Crippen LogP contribution in [0.2, 0.25) is 0 Å². The lowest BCUT2D eigenvalue weighted by Crippen LogP contribution is -2.35. The summed E-state index contributed by atoms with van der Waals surface area (Å²) < 4.78 is 13.7. The predicted molar refractivity (Wildman–Crippen MR) is 86.1 cm³/mol. The third kappa shape index (κ3) is 2.10. The van der Waals surface area contributed by atoms with Crippen molar-refractivity contribution in [2.45, 2.75) is 26.2 Å². The molecule has 23 heavy (non-hydrogen) atoms. The maximum Gasteiger partial charge on any atom is 0.311 e. The molecule has 1 N–H and O–H groups in total. The number of carboxylic acids is 1. The van der Waals surface area contributed by atoms with Gasteiger partial charge in [0.1, 0.15) is 5.82 Å². The van der Waals surface area contributed by atoms with Crippen molar-refractivity contribution in [1.82, 2.24) is 4.98 Å². The Morgan fingerprint density at radius 3 is 3.00 bits per heavy atom. The fraction of sp³-hybridized carbons (Fsp3) is 0.444. The van der Waals surface area contributed by atoms with Crippen LogP contribution in [0.3, 0.4) is 0 Å². The summed E-state index contributed by atoms with van der Waals surface area (Å²) in [6.07, 6.45) is 2.68. The SMILES string of the molecule is Cc1cc(N2C[C@@H]3CCC[C@@]3(C(=O)O)C2)c2cc(F)ccc2n1. The number of rotatable bonds is 2. The van der Waals surface area contributed by atoms with Crippen LogP contribution in [0.15, 0.2) is 24.3 Å². The van der Waals surface area contributed by atoms with Crippen LogP contribution in [-0.4, -0.2) is 29.1 Å². The predicted octanol–water partition coefficient (Wildman–Crippen LogP) is 3.37. The lowest BCUT2D eigenvalue weighted by Gasteiger charge is -2.25. The summed E-state index contributed by atoms with van der Waals surface area (Å²) >= 11 is 0. The molecule has 0 spiro atoms. The van der Waals surface area contributed by atoms with Gasteiger partial charge < -0.3 is 10.0 Å². The molecule has 4 nitrogen and oxygen atoms in total. The Morgan fingerprint density at radius 2 is 2.26 bits per heavy atom. The average molecular weight is 314 g/mol. The van der Waals surface area contributed by atoms with E-state index in [1.165, 1.54) is 12.1 Å². The number of benzene rings is 1. The standard InChI is InChI=1S/C18H19FN2O2/c1-11-7-16(14-8-13(19)4-5-15(14)20-11)21-9-12-3-2-6-18(12,10-21)17(22)23/h4-5,7-8,12H,2-3,6,9-10H2,1H3,(H,22,23)/t12-,18+/m0/s1. The summed E-state index contributed by atoms with van der Waals surface area (Å²) in [4.78, 5) is 18.5. The second-order valence-corrected chi connectivity index (χ2v) is 6.88. The van der Waals surface area contributed by atoms with Crippen LogP contribution in [0, 0.1) is 24.1 Å². The van der Waals surface area contributed by atoms with E-state index in [9.17, 15) is 14.3 Å². The van der Waals surface area contributed by atoms with Gasteiger partial charge in [0.25, 0.3) is 0 Å². The van der Waals surface area contributed by atoms with Gasteiger partial charge in [0, 0.05) is 29.9 Å². The number of halogens is 1. The summed E-state index contributed by atoms with van der Waals surface area (Å²) in [6, 6.07) is 6.54. The molecule has 1 aromatic carbocycles. The van der Waals surface area contributed by atoms with Crippen LogP contribution < -0.4 is 4.90 Å². The molecule has 1 aliphatic heterocycles. The zero-order valence-electron chi connectivity index (χ0n) is 13.1. The average Bonchev–Trinajstić information content (AvgIpc) is 3.04. The quantitative estimate of drug-likeness (QED) is 0.923. The Hall–Kier alpha value is -2.17. The monoisotopic (exact) mass is 314 g/mol. The minimum atomic E-state index is -0.691. The summed E-state index contributed by atoms with van der Waals surface area (Å²) in [5, 5.41) is 10.5. The van der Waals surface area contributed by atoms with Gasteiger partial charge in [-0.05, 0) is 49.9 Å². The number of aromatic nitrogens is 1. The molecule has 2 heterocycles. The number of fused-ring (bicyclic) bond motifs is 2. The van der Waals surface area contributed by atoms with Crippen molar-refractivity contribution >= 4 is 22.6 Å². The Balaban J connectivity index is 1.81. The Kier molecular flexibility index (Phi) is 3.08. The number of anilines is 1. The Morgan fingerprint density at radius 1 is 1.43 bits per heavy atom.